The van der Waals surface area contributed by atoms with Crippen LogP contribution in [0.1, 0.15) is 44.9 Å². The topological polar surface area (TPSA) is 21.3 Å². The molecule has 2 unspecified atom stereocenters. The van der Waals surface area contributed by atoms with Crippen molar-refractivity contribution in [3.63, 3.8) is 0 Å². The third kappa shape index (κ3) is 1.49. The molecule has 1 saturated carbocycles. The minimum Gasteiger partial charge on any atom is -0.371 e. The zero-order valence-corrected chi connectivity index (χ0v) is 8.93. The lowest BCUT2D eigenvalue weighted by molar-refractivity contribution is -0.157. The van der Waals surface area contributed by atoms with Crippen LogP contribution in [0.4, 0.5) is 0 Å². The maximum Gasteiger partial charge on any atom is 0.0686 e. The Labute approximate surface area is 86.4 Å². The fraction of sp³-hybridized carbons (Fsp3) is 1.00. The lowest BCUT2D eigenvalue weighted by atomic mass is 9.81. The molecule has 0 bridgehead atoms. The molecular weight excluding hydrogens is 174 g/mol. The predicted octanol–water partition coefficient (Wildman–Crippen LogP) is 2.09. The molecule has 3 aliphatic rings. The van der Waals surface area contributed by atoms with Gasteiger partial charge in [-0.1, -0.05) is 12.8 Å². The molecule has 80 valence electrons. The molecule has 1 N–H and O–H groups in total. The molecule has 2 nitrogen and oxygen atoms in total. The minimum atomic E-state index is 0.332. The van der Waals surface area contributed by atoms with Crippen molar-refractivity contribution in [1.29, 1.82) is 0 Å². The van der Waals surface area contributed by atoms with Gasteiger partial charge in [-0.2, -0.15) is 0 Å². The van der Waals surface area contributed by atoms with Crippen molar-refractivity contribution in [1.82, 2.24) is 5.32 Å². The highest BCUT2D eigenvalue weighted by atomic mass is 16.5. The summed E-state index contributed by atoms with van der Waals surface area (Å²) in [5.41, 5.74) is 0.332. The molecule has 3 rings (SSSR count). The van der Waals surface area contributed by atoms with E-state index < -0.39 is 0 Å². The van der Waals surface area contributed by atoms with Crippen molar-refractivity contribution >= 4 is 0 Å². The van der Waals surface area contributed by atoms with E-state index in [1.165, 1.54) is 51.5 Å². The monoisotopic (exact) mass is 195 g/mol. The van der Waals surface area contributed by atoms with Crippen LogP contribution in [0.5, 0.6) is 0 Å². The first-order valence-electron chi connectivity index (χ1n) is 6.27. The largest absolute Gasteiger partial charge is 0.371 e. The first-order chi connectivity index (χ1) is 6.88. The molecule has 1 aliphatic carbocycles. The Kier molecular flexibility index (Phi) is 2.29. The Morgan fingerprint density at radius 1 is 1.07 bits per heavy atom. The zero-order valence-electron chi connectivity index (χ0n) is 8.93. The second kappa shape index (κ2) is 3.49. The van der Waals surface area contributed by atoms with Gasteiger partial charge in [0.05, 0.1) is 11.7 Å². The van der Waals surface area contributed by atoms with E-state index in [2.05, 4.69) is 5.32 Å². The molecule has 2 heteroatoms. The molecule has 2 atom stereocenters. The van der Waals surface area contributed by atoms with Crippen LogP contribution < -0.4 is 5.32 Å². The fourth-order valence-electron chi connectivity index (χ4n) is 3.56. The summed E-state index contributed by atoms with van der Waals surface area (Å²) in [6.07, 6.45) is 10.0. The molecule has 0 aromatic heterocycles. The van der Waals surface area contributed by atoms with Crippen molar-refractivity contribution in [3.8, 4) is 0 Å². The van der Waals surface area contributed by atoms with Crippen molar-refractivity contribution < 1.29 is 4.74 Å². The summed E-state index contributed by atoms with van der Waals surface area (Å²) in [4.78, 5) is 0. The quantitative estimate of drug-likeness (QED) is 0.639. The molecule has 2 aliphatic heterocycles. The van der Waals surface area contributed by atoms with Crippen molar-refractivity contribution in [3.05, 3.63) is 0 Å². The fourth-order valence-corrected chi connectivity index (χ4v) is 3.56. The van der Waals surface area contributed by atoms with Crippen LogP contribution in [0.25, 0.3) is 0 Å². The van der Waals surface area contributed by atoms with Gasteiger partial charge < -0.3 is 10.1 Å². The number of nitrogens with one attached hydrogen (secondary N) is 1. The second-order valence-corrected chi connectivity index (χ2v) is 5.34. The third-order valence-electron chi connectivity index (χ3n) is 4.42. The summed E-state index contributed by atoms with van der Waals surface area (Å²) < 4.78 is 6.40. The zero-order chi connectivity index (χ0) is 9.43. The summed E-state index contributed by atoms with van der Waals surface area (Å²) in [7, 11) is 0. The average Bonchev–Trinajstić information content (AvgIpc) is 2.66. The number of hydrogen-bond acceptors (Lipinski definition) is 2. The number of piperidine rings is 1. The molecule has 14 heavy (non-hydrogen) atoms. The molecule has 0 radical (unpaired) electrons. The summed E-state index contributed by atoms with van der Waals surface area (Å²) in [5.74, 6) is 0.815. The number of ether oxygens (including phenoxy) is 1. The van der Waals surface area contributed by atoms with E-state index in [0.29, 0.717) is 11.7 Å². The van der Waals surface area contributed by atoms with Crippen molar-refractivity contribution in [2.75, 3.05) is 13.1 Å². The Bertz CT molecular complexity index is 210. The Morgan fingerprint density at radius 3 is 2.79 bits per heavy atom. The Hall–Kier alpha value is -0.0800. The van der Waals surface area contributed by atoms with E-state index >= 15 is 0 Å². The summed E-state index contributed by atoms with van der Waals surface area (Å²) in [5, 5.41) is 3.48. The SMILES string of the molecule is C1CCC2(C1)CCC1CNCCC1O2. The predicted molar refractivity (Wildman–Crippen MR) is 56.3 cm³/mol. The van der Waals surface area contributed by atoms with Gasteiger partial charge in [-0.3, -0.25) is 0 Å². The number of fused-ring (bicyclic) bond motifs is 1. The lowest BCUT2D eigenvalue weighted by Crippen LogP contribution is -2.50. The summed E-state index contributed by atoms with van der Waals surface area (Å²) in [6.45, 7) is 2.36. The van der Waals surface area contributed by atoms with Gasteiger partial charge in [0.1, 0.15) is 0 Å². The van der Waals surface area contributed by atoms with Crippen LogP contribution >= 0.6 is 0 Å². The highest BCUT2D eigenvalue weighted by Gasteiger charge is 2.43. The van der Waals surface area contributed by atoms with Gasteiger partial charge in [-0.05, 0) is 44.6 Å². The summed E-state index contributed by atoms with van der Waals surface area (Å²) in [6, 6.07) is 0. The molecule has 2 saturated heterocycles. The van der Waals surface area contributed by atoms with E-state index in [1.807, 2.05) is 0 Å². The highest BCUT2D eigenvalue weighted by molar-refractivity contribution is 4.95. The molecule has 2 heterocycles. The third-order valence-corrected chi connectivity index (χ3v) is 4.42. The molecule has 0 aromatic rings. The van der Waals surface area contributed by atoms with E-state index in [0.717, 1.165) is 12.5 Å². The maximum absolute atomic E-state index is 6.40. The lowest BCUT2D eigenvalue weighted by Gasteiger charge is -2.45. The number of hydrogen-bond donors (Lipinski definition) is 1. The van der Waals surface area contributed by atoms with E-state index in [4.69, 9.17) is 4.74 Å². The van der Waals surface area contributed by atoms with E-state index in [-0.39, 0.29) is 0 Å². The molecule has 0 aromatic carbocycles. The van der Waals surface area contributed by atoms with Crippen LogP contribution in [0, 0.1) is 5.92 Å². The van der Waals surface area contributed by atoms with E-state index in [1.54, 1.807) is 0 Å². The van der Waals surface area contributed by atoms with Gasteiger partial charge >= 0.3 is 0 Å². The Balaban J connectivity index is 1.70. The minimum absolute atomic E-state index is 0.332. The molecule has 1 spiro atoms. The van der Waals surface area contributed by atoms with Crippen molar-refractivity contribution in [2.24, 2.45) is 5.92 Å². The molecule has 3 fully saturated rings. The normalized spacial score (nSPS) is 41.1. The highest BCUT2D eigenvalue weighted by Crippen LogP contribution is 2.44. The summed E-state index contributed by atoms with van der Waals surface area (Å²) >= 11 is 0. The first kappa shape index (κ1) is 9.17. The van der Waals surface area contributed by atoms with E-state index in [9.17, 15) is 0 Å². The molecule has 0 amide bonds. The van der Waals surface area contributed by atoms with Crippen LogP contribution in [-0.2, 0) is 4.74 Å². The van der Waals surface area contributed by atoms with Crippen LogP contribution in [0.15, 0.2) is 0 Å². The number of rotatable bonds is 0. The van der Waals surface area contributed by atoms with Crippen LogP contribution in [-0.4, -0.2) is 24.8 Å². The van der Waals surface area contributed by atoms with Crippen LogP contribution in [0.2, 0.25) is 0 Å². The average molecular weight is 195 g/mol. The maximum atomic E-state index is 6.40. The van der Waals surface area contributed by atoms with Gasteiger partial charge in [0.2, 0.25) is 0 Å². The smallest absolute Gasteiger partial charge is 0.0686 e. The molecular formula is C12H21NO. The first-order valence-corrected chi connectivity index (χ1v) is 6.27. The Morgan fingerprint density at radius 2 is 1.93 bits per heavy atom. The van der Waals surface area contributed by atoms with Crippen molar-refractivity contribution in [2.45, 2.75) is 56.7 Å². The van der Waals surface area contributed by atoms with Gasteiger partial charge in [-0.25, -0.2) is 0 Å². The second-order valence-electron chi connectivity index (χ2n) is 5.34. The standard InChI is InChI=1S/C12H21NO/c1-2-6-12(5-1)7-3-10-9-13-8-4-11(10)14-12/h10-11,13H,1-9H2. The van der Waals surface area contributed by atoms with Gasteiger partial charge in [0.15, 0.2) is 0 Å². The van der Waals surface area contributed by atoms with Crippen LogP contribution in [0.3, 0.4) is 0 Å². The van der Waals surface area contributed by atoms with Gasteiger partial charge in [0.25, 0.3) is 0 Å². The van der Waals surface area contributed by atoms with Gasteiger partial charge in [-0.15, -0.1) is 0 Å². The van der Waals surface area contributed by atoms with Gasteiger partial charge in [0, 0.05) is 6.54 Å².